The molecule has 0 heterocycles. The number of sulfonamides is 1. The molecule has 0 aliphatic rings. The number of nitrogens with one attached hydrogen (secondary N) is 1. The number of rotatable bonds is 7. The molecule has 30 heavy (non-hydrogen) atoms. The summed E-state index contributed by atoms with van der Waals surface area (Å²) in [4.78, 5) is 13.2. The molecule has 1 amide bonds. The van der Waals surface area contributed by atoms with Gasteiger partial charge in [-0.25, -0.2) is 8.42 Å². The third-order valence-electron chi connectivity index (χ3n) is 4.76. The highest BCUT2D eigenvalue weighted by molar-refractivity contribution is 7.92. The number of amides is 1. The molecule has 3 aromatic carbocycles. The van der Waals surface area contributed by atoms with Gasteiger partial charge in [0.2, 0.25) is 15.9 Å². The minimum Gasteiger partial charge on any atom is -0.495 e. The average Bonchev–Trinajstić information content (AvgIpc) is 2.71. The van der Waals surface area contributed by atoms with E-state index in [4.69, 9.17) is 16.3 Å². The Kier molecular flexibility index (Phi) is 6.53. The van der Waals surface area contributed by atoms with E-state index >= 15 is 0 Å². The first kappa shape index (κ1) is 21.9. The second-order valence-electron chi connectivity index (χ2n) is 6.81. The van der Waals surface area contributed by atoms with Crippen LogP contribution in [0, 0.1) is 0 Å². The van der Waals surface area contributed by atoms with E-state index in [2.05, 4.69) is 5.32 Å². The van der Waals surface area contributed by atoms with Gasteiger partial charge in [0.05, 0.1) is 19.1 Å². The third kappa shape index (κ3) is 4.52. The highest BCUT2D eigenvalue weighted by Gasteiger charge is 2.33. The molecule has 3 rings (SSSR count). The Hall–Kier alpha value is -2.77. The number of nitrogens with zero attached hydrogens (tertiary/aromatic N) is 1. The van der Waals surface area contributed by atoms with Crippen LogP contribution in [0.1, 0.15) is 13.3 Å². The largest absolute Gasteiger partial charge is 0.495 e. The number of carbonyl (C=O) groups is 1. The van der Waals surface area contributed by atoms with Crippen LogP contribution in [0.15, 0.2) is 60.7 Å². The predicted molar refractivity (Wildman–Crippen MR) is 122 cm³/mol. The lowest BCUT2D eigenvalue weighted by Gasteiger charge is -2.31. The Bertz CT molecular complexity index is 1180. The number of hydrogen-bond donors (Lipinski definition) is 1. The van der Waals surface area contributed by atoms with Crippen molar-refractivity contribution in [2.24, 2.45) is 0 Å². The number of methoxy groups -OCH3 is 1. The summed E-state index contributed by atoms with van der Waals surface area (Å²) in [6.45, 7) is 1.75. The van der Waals surface area contributed by atoms with E-state index in [1.54, 1.807) is 25.1 Å². The van der Waals surface area contributed by atoms with Crippen LogP contribution in [0.5, 0.6) is 5.75 Å². The molecule has 0 bridgehead atoms. The van der Waals surface area contributed by atoms with Crippen molar-refractivity contribution in [2.75, 3.05) is 23.0 Å². The summed E-state index contributed by atoms with van der Waals surface area (Å²) in [5.41, 5.74) is 0.829. The molecule has 0 spiro atoms. The van der Waals surface area contributed by atoms with Crippen molar-refractivity contribution in [3.63, 3.8) is 0 Å². The van der Waals surface area contributed by atoms with Crippen LogP contribution in [0.4, 0.5) is 11.4 Å². The summed E-state index contributed by atoms with van der Waals surface area (Å²) in [6.07, 6.45) is 1.31. The van der Waals surface area contributed by atoms with Crippen LogP contribution >= 0.6 is 11.6 Å². The zero-order valence-electron chi connectivity index (χ0n) is 16.9. The SMILES string of the molecule is CCC(C(=O)Nc1cccc2ccccc12)N(c1cc(Cl)ccc1OC)S(C)(=O)=O. The second-order valence-corrected chi connectivity index (χ2v) is 9.11. The van der Waals surface area contributed by atoms with E-state index in [0.717, 1.165) is 21.3 Å². The zero-order chi connectivity index (χ0) is 21.9. The van der Waals surface area contributed by atoms with Crippen molar-refractivity contribution < 1.29 is 17.9 Å². The van der Waals surface area contributed by atoms with Gasteiger partial charge < -0.3 is 10.1 Å². The van der Waals surface area contributed by atoms with Crippen LogP contribution in [-0.4, -0.2) is 33.7 Å². The Labute approximate surface area is 181 Å². The molecule has 6 nitrogen and oxygen atoms in total. The van der Waals surface area contributed by atoms with Gasteiger partial charge in [-0.2, -0.15) is 0 Å². The molecule has 8 heteroatoms. The smallest absolute Gasteiger partial charge is 0.248 e. The predicted octanol–water partition coefficient (Wildman–Crippen LogP) is 4.69. The standard InChI is InChI=1S/C22H23ClN2O4S/c1-4-19(22(26)24-18-11-7-9-15-8-5-6-10-17(15)18)25(30(3,27)28)20-14-16(23)12-13-21(20)29-2/h5-14,19H,4H2,1-3H3,(H,24,26). The lowest BCUT2D eigenvalue weighted by Crippen LogP contribution is -2.47. The van der Waals surface area contributed by atoms with Crippen LogP contribution in [0.3, 0.4) is 0 Å². The van der Waals surface area contributed by atoms with E-state index in [1.807, 2.05) is 36.4 Å². The van der Waals surface area contributed by atoms with E-state index in [1.165, 1.54) is 13.2 Å². The Morgan fingerprint density at radius 3 is 2.50 bits per heavy atom. The minimum atomic E-state index is -3.82. The summed E-state index contributed by atoms with van der Waals surface area (Å²) < 4.78 is 31.9. The van der Waals surface area contributed by atoms with Gasteiger partial charge in [-0.15, -0.1) is 0 Å². The highest BCUT2D eigenvalue weighted by Crippen LogP contribution is 2.35. The highest BCUT2D eigenvalue weighted by atomic mass is 35.5. The fourth-order valence-corrected chi connectivity index (χ4v) is 4.79. The quantitative estimate of drug-likeness (QED) is 0.571. The van der Waals surface area contributed by atoms with Gasteiger partial charge in [0.1, 0.15) is 11.8 Å². The van der Waals surface area contributed by atoms with Crippen molar-refractivity contribution in [1.29, 1.82) is 0 Å². The lowest BCUT2D eigenvalue weighted by molar-refractivity contribution is -0.117. The number of hydrogen-bond acceptors (Lipinski definition) is 4. The van der Waals surface area contributed by atoms with Crippen LogP contribution in [0.25, 0.3) is 10.8 Å². The van der Waals surface area contributed by atoms with Gasteiger partial charge in [-0.3, -0.25) is 9.10 Å². The summed E-state index contributed by atoms with van der Waals surface area (Å²) in [6, 6.07) is 16.9. The van der Waals surface area contributed by atoms with Gasteiger partial charge in [0.25, 0.3) is 0 Å². The number of fused-ring (bicyclic) bond motifs is 1. The number of carbonyl (C=O) groups excluding carboxylic acids is 1. The van der Waals surface area contributed by atoms with Crippen molar-refractivity contribution >= 4 is 49.7 Å². The number of benzene rings is 3. The number of halogens is 1. The van der Waals surface area contributed by atoms with Crippen LogP contribution < -0.4 is 14.4 Å². The molecule has 0 aliphatic heterocycles. The van der Waals surface area contributed by atoms with Crippen molar-refractivity contribution in [3.05, 3.63) is 65.7 Å². The van der Waals surface area contributed by atoms with Gasteiger partial charge >= 0.3 is 0 Å². The summed E-state index contributed by atoms with van der Waals surface area (Å²) in [7, 11) is -2.39. The van der Waals surface area contributed by atoms with E-state index < -0.39 is 22.0 Å². The molecule has 158 valence electrons. The average molecular weight is 447 g/mol. The first-order chi connectivity index (χ1) is 14.3. The molecule has 0 aliphatic carbocycles. The van der Waals surface area contributed by atoms with Gasteiger partial charge in [0, 0.05) is 16.1 Å². The molecule has 0 fully saturated rings. The Morgan fingerprint density at radius 1 is 1.13 bits per heavy atom. The molecule has 0 aromatic heterocycles. The van der Waals surface area contributed by atoms with E-state index in [9.17, 15) is 13.2 Å². The van der Waals surface area contributed by atoms with E-state index in [0.29, 0.717) is 16.5 Å². The minimum absolute atomic E-state index is 0.215. The first-order valence-corrected chi connectivity index (χ1v) is 11.6. The molecule has 1 unspecified atom stereocenters. The molecular formula is C22H23ClN2O4S. The van der Waals surface area contributed by atoms with Crippen molar-refractivity contribution in [3.8, 4) is 5.75 Å². The number of anilines is 2. The fourth-order valence-electron chi connectivity index (χ4n) is 3.42. The van der Waals surface area contributed by atoms with Crippen molar-refractivity contribution in [1.82, 2.24) is 0 Å². The maximum absolute atomic E-state index is 13.2. The van der Waals surface area contributed by atoms with E-state index in [-0.39, 0.29) is 12.1 Å². The molecule has 0 saturated heterocycles. The van der Waals surface area contributed by atoms with Crippen molar-refractivity contribution in [2.45, 2.75) is 19.4 Å². The molecule has 1 atom stereocenters. The molecular weight excluding hydrogens is 424 g/mol. The summed E-state index contributed by atoms with van der Waals surface area (Å²) >= 11 is 6.11. The normalized spacial score (nSPS) is 12.4. The second kappa shape index (κ2) is 8.93. The molecule has 0 saturated carbocycles. The van der Waals surface area contributed by atoms with Crippen LogP contribution in [0.2, 0.25) is 5.02 Å². The fraction of sp³-hybridized carbons (Fsp3) is 0.227. The maximum Gasteiger partial charge on any atom is 0.248 e. The van der Waals surface area contributed by atoms with Crippen LogP contribution in [-0.2, 0) is 14.8 Å². The first-order valence-electron chi connectivity index (χ1n) is 9.37. The Balaban J connectivity index is 2.04. The van der Waals surface area contributed by atoms with Gasteiger partial charge in [-0.05, 0) is 36.1 Å². The summed E-state index contributed by atoms with van der Waals surface area (Å²) in [5.74, 6) is -0.137. The number of ether oxygens (including phenoxy) is 1. The Morgan fingerprint density at radius 2 is 1.83 bits per heavy atom. The molecule has 1 N–H and O–H groups in total. The maximum atomic E-state index is 13.2. The third-order valence-corrected chi connectivity index (χ3v) is 6.16. The monoisotopic (exact) mass is 446 g/mol. The zero-order valence-corrected chi connectivity index (χ0v) is 18.5. The topological polar surface area (TPSA) is 75.7 Å². The van der Waals surface area contributed by atoms with Gasteiger partial charge in [-0.1, -0.05) is 54.9 Å². The molecule has 0 radical (unpaired) electrons. The van der Waals surface area contributed by atoms with Gasteiger partial charge in [0.15, 0.2) is 0 Å². The summed E-state index contributed by atoms with van der Waals surface area (Å²) in [5, 5.41) is 5.07. The lowest BCUT2D eigenvalue weighted by atomic mass is 10.1. The molecule has 3 aromatic rings.